The molecule has 0 radical (unpaired) electrons. The smallest absolute Gasteiger partial charge is 0.359 e. The Hall–Kier alpha value is -3.68. The van der Waals surface area contributed by atoms with E-state index in [1.54, 1.807) is 48.5 Å². The fourth-order valence-electron chi connectivity index (χ4n) is 2.95. The molecule has 1 amide bonds. The molecule has 0 unspecified atom stereocenters. The molecule has 0 saturated heterocycles. The van der Waals surface area contributed by atoms with Crippen molar-refractivity contribution >= 4 is 28.3 Å². The van der Waals surface area contributed by atoms with Crippen molar-refractivity contribution < 1.29 is 19.1 Å². The van der Waals surface area contributed by atoms with Gasteiger partial charge >= 0.3 is 5.97 Å². The number of esters is 1. The van der Waals surface area contributed by atoms with Crippen LogP contribution in [-0.4, -0.2) is 35.4 Å². The molecule has 8 heteroatoms. The van der Waals surface area contributed by atoms with Gasteiger partial charge < -0.3 is 14.8 Å². The molecule has 2 aromatic carbocycles. The topological polar surface area (TPSA) is 99.5 Å². The summed E-state index contributed by atoms with van der Waals surface area (Å²) in [6.45, 7) is 3.77. The largest absolute Gasteiger partial charge is 0.497 e. The van der Waals surface area contributed by atoms with Crippen molar-refractivity contribution in [2.24, 2.45) is 5.92 Å². The standard InChI is InChI=1S/C22H23N3O5/c1-14(2)12-25-21(27)18-10-5-4-9-17(18)20(24-25)22(28)30-13-19(26)23-15-7-6-8-16(11-15)29-3/h4-11,14H,12-13H2,1-3H3,(H,23,26). The highest BCUT2D eigenvalue weighted by Crippen LogP contribution is 2.17. The van der Waals surface area contributed by atoms with Gasteiger partial charge in [0.25, 0.3) is 11.5 Å². The van der Waals surface area contributed by atoms with Crippen molar-refractivity contribution in [3.63, 3.8) is 0 Å². The third kappa shape index (κ3) is 4.83. The number of methoxy groups -OCH3 is 1. The summed E-state index contributed by atoms with van der Waals surface area (Å²) >= 11 is 0. The Labute approximate surface area is 173 Å². The van der Waals surface area contributed by atoms with E-state index in [0.29, 0.717) is 28.8 Å². The van der Waals surface area contributed by atoms with Gasteiger partial charge in [0, 0.05) is 23.7 Å². The number of amides is 1. The van der Waals surface area contributed by atoms with Gasteiger partial charge in [-0.2, -0.15) is 5.10 Å². The molecule has 0 aliphatic carbocycles. The number of aromatic nitrogens is 2. The second-order valence-electron chi connectivity index (χ2n) is 7.13. The third-order valence-electron chi connectivity index (χ3n) is 4.29. The van der Waals surface area contributed by atoms with E-state index in [1.807, 2.05) is 13.8 Å². The van der Waals surface area contributed by atoms with E-state index in [9.17, 15) is 14.4 Å². The molecular weight excluding hydrogens is 386 g/mol. The van der Waals surface area contributed by atoms with E-state index in [4.69, 9.17) is 9.47 Å². The lowest BCUT2D eigenvalue weighted by Gasteiger charge is -2.12. The van der Waals surface area contributed by atoms with E-state index in [0.717, 1.165) is 0 Å². The Bertz CT molecular complexity index is 1140. The summed E-state index contributed by atoms with van der Waals surface area (Å²) in [7, 11) is 1.53. The SMILES string of the molecule is COc1cccc(NC(=O)COC(=O)c2nn(CC(C)C)c(=O)c3ccccc23)c1. The number of carbonyl (C=O) groups is 2. The van der Waals surface area contributed by atoms with E-state index in [1.165, 1.54) is 11.8 Å². The first-order valence-electron chi connectivity index (χ1n) is 9.50. The van der Waals surface area contributed by atoms with Crippen LogP contribution in [0.1, 0.15) is 24.3 Å². The average molecular weight is 409 g/mol. The first-order valence-corrected chi connectivity index (χ1v) is 9.50. The van der Waals surface area contributed by atoms with Crippen LogP contribution in [0.15, 0.2) is 53.3 Å². The van der Waals surface area contributed by atoms with Crippen LogP contribution in [0, 0.1) is 5.92 Å². The number of rotatable bonds is 7. The first kappa shape index (κ1) is 21.0. The number of anilines is 1. The maximum atomic E-state index is 12.7. The van der Waals surface area contributed by atoms with Crippen LogP contribution in [0.25, 0.3) is 10.8 Å². The summed E-state index contributed by atoms with van der Waals surface area (Å²) in [5, 5.41) is 7.61. The van der Waals surface area contributed by atoms with E-state index in [2.05, 4.69) is 10.4 Å². The molecule has 0 aliphatic rings. The minimum absolute atomic E-state index is 0.0000281. The molecule has 0 fully saturated rings. The summed E-state index contributed by atoms with van der Waals surface area (Å²) in [6.07, 6.45) is 0. The van der Waals surface area contributed by atoms with Gasteiger partial charge in [0.15, 0.2) is 12.3 Å². The zero-order chi connectivity index (χ0) is 21.7. The zero-order valence-corrected chi connectivity index (χ0v) is 17.0. The predicted octanol–water partition coefficient (Wildman–Crippen LogP) is 2.86. The Morgan fingerprint density at radius 3 is 2.53 bits per heavy atom. The van der Waals surface area contributed by atoms with Gasteiger partial charge in [0.05, 0.1) is 12.5 Å². The lowest BCUT2D eigenvalue weighted by molar-refractivity contribution is -0.119. The molecule has 0 aliphatic heterocycles. The zero-order valence-electron chi connectivity index (χ0n) is 17.0. The molecule has 0 saturated carbocycles. The van der Waals surface area contributed by atoms with Crippen molar-refractivity contribution in [3.05, 3.63) is 64.6 Å². The molecule has 1 heterocycles. The third-order valence-corrected chi connectivity index (χ3v) is 4.29. The van der Waals surface area contributed by atoms with Gasteiger partial charge in [-0.1, -0.05) is 38.1 Å². The van der Waals surface area contributed by atoms with Crippen LogP contribution >= 0.6 is 0 Å². The first-order chi connectivity index (χ1) is 14.4. The van der Waals surface area contributed by atoms with Crippen molar-refractivity contribution in [1.29, 1.82) is 0 Å². The Balaban J connectivity index is 1.78. The highest BCUT2D eigenvalue weighted by Gasteiger charge is 2.19. The molecular formula is C22H23N3O5. The monoisotopic (exact) mass is 409 g/mol. The van der Waals surface area contributed by atoms with Gasteiger partial charge in [0.1, 0.15) is 5.75 Å². The van der Waals surface area contributed by atoms with Gasteiger partial charge in [-0.15, -0.1) is 0 Å². The molecule has 0 atom stereocenters. The molecule has 30 heavy (non-hydrogen) atoms. The molecule has 1 N–H and O–H groups in total. The molecule has 3 rings (SSSR count). The summed E-state index contributed by atoms with van der Waals surface area (Å²) in [6, 6.07) is 13.5. The molecule has 0 bridgehead atoms. The molecule has 156 valence electrons. The number of fused-ring (bicyclic) bond motifs is 1. The number of hydrogen-bond donors (Lipinski definition) is 1. The fourth-order valence-corrected chi connectivity index (χ4v) is 2.95. The molecule has 8 nitrogen and oxygen atoms in total. The average Bonchev–Trinajstić information content (AvgIpc) is 2.74. The van der Waals surface area contributed by atoms with Gasteiger partial charge in [0.2, 0.25) is 0 Å². The maximum Gasteiger partial charge on any atom is 0.359 e. The van der Waals surface area contributed by atoms with Gasteiger partial charge in [-0.25, -0.2) is 9.48 Å². The normalized spacial score (nSPS) is 10.8. The van der Waals surface area contributed by atoms with Gasteiger partial charge in [-0.3, -0.25) is 9.59 Å². The Morgan fingerprint density at radius 2 is 1.83 bits per heavy atom. The highest BCUT2D eigenvalue weighted by atomic mass is 16.5. The van der Waals surface area contributed by atoms with Crippen LogP contribution < -0.4 is 15.6 Å². The maximum absolute atomic E-state index is 12.7. The quantitative estimate of drug-likeness (QED) is 0.603. The van der Waals surface area contributed by atoms with Crippen molar-refractivity contribution in [2.75, 3.05) is 19.0 Å². The number of nitrogens with one attached hydrogen (secondary N) is 1. The van der Waals surface area contributed by atoms with E-state index in [-0.39, 0.29) is 17.2 Å². The van der Waals surface area contributed by atoms with Crippen LogP contribution in [0.3, 0.4) is 0 Å². The van der Waals surface area contributed by atoms with Crippen LogP contribution in [-0.2, 0) is 16.1 Å². The molecule has 1 aromatic heterocycles. The molecule has 3 aromatic rings. The lowest BCUT2D eigenvalue weighted by atomic mass is 10.1. The van der Waals surface area contributed by atoms with Crippen molar-refractivity contribution in [1.82, 2.24) is 9.78 Å². The van der Waals surface area contributed by atoms with E-state index >= 15 is 0 Å². The number of ether oxygens (including phenoxy) is 2. The predicted molar refractivity (Wildman–Crippen MR) is 113 cm³/mol. The Kier molecular flexibility index (Phi) is 6.46. The summed E-state index contributed by atoms with van der Waals surface area (Å²) in [5.41, 5.74) is 0.246. The highest BCUT2D eigenvalue weighted by molar-refractivity contribution is 6.03. The number of hydrogen-bond acceptors (Lipinski definition) is 6. The number of carbonyl (C=O) groups excluding carboxylic acids is 2. The van der Waals surface area contributed by atoms with Crippen molar-refractivity contribution in [3.8, 4) is 5.75 Å². The minimum atomic E-state index is -0.774. The summed E-state index contributed by atoms with van der Waals surface area (Å²) < 4.78 is 11.5. The molecule has 0 spiro atoms. The number of benzene rings is 2. The Morgan fingerprint density at radius 1 is 1.10 bits per heavy atom. The fraction of sp³-hybridized carbons (Fsp3) is 0.273. The van der Waals surface area contributed by atoms with Crippen LogP contribution in [0.5, 0.6) is 5.75 Å². The van der Waals surface area contributed by atoms with Crippen LogP contribution in [0.4, 0.5) is 5.69 Å². The second kappa shape index (κ2) is 9.21. The number of nitrogens with zero attached hydrogens (tertiary/aromatic N) is 2. The second-order valence-corrected chi connectivity index (χ2v) is 7.13. The van der Waals surface area contributed by atoms with Gasteiger partial charge in [-0.05, 0) is 24.1 Å². The summed E-state index contributed by atoms with van der Waals surface area (Å²) in [4.78, 5) is 37.5. The van der Waals surface area contributed by atoms with E-state index < -0.39 is 18.5 Å². The van der Waals surface area contributed by atoms with Crippen molar-refractivity contribution in [2.45, 2.75) is 20.4 Å². The summed E-state index contributed by atoms with van der Waals surface area (Å²) in [5.74, 6) is -0.525. The van der Waals surface area contributed by atoms with Crippen LogP contribution in [0.2, 0.25) is 0 Å². The lowest BCUT2D eigenvalue weighted by Crippen LogP contribution is -2.29. The minimum Gasteiger partial charge on any atom is -0.497 e.